The van der Waals surface area contributed by atoms with E-state index in [0.717, 1.165) is 61.4 Å². The Kier molecular flexibility index (Phi) is 7.06. The van der Waals surface area contributed by atoms with Crippen molar-refractivity contribution >= 4 is 28.6 Å². The Morgan fingerprint density at radius 2 is 1.98 bits per heavy atom. The van der Waals surface area contributed by atoms with Gasteiger partial charge in [0.2, 0.25) is 0 Å². The number of nitrogens with zero attached hydrogens (tertiary/aromatic N) is 4. The van der Waals surface area contributed by atoms with Crippen LogP contribution >= 0.6 is 11.6 Å². The Balaban J connectivity index is 1.16. The molecular weight excluding hydrogens is 532 g/mol. The zero-order valence-corrected chi connectivity index (χ0v) is 23.5. The molecule has 3 aliphatic rings. The fraction of sp³-hybridized carbons (Fsp3) is 0.433. The number of piperidine rings is 1. The largest absolute Gasteiger partial charge is 0.478 e. The van der Waals surface area contributed by atoms with Crippen LogP contribution < -0.4 is 0 Å². The number of likely N-dealkylation sites (tertiary alicyclic amines) is 1. The highest BCUT2D eigenvalue weighted by Gasteiger charge is 2.43. The van der Waals surface area contributed by atoms with Gasteiger partial charge in [0.1, 0.15) is 11.5 Å². The zero-order valence-electron chi connectivity index (χ0n) is 22.7. The quantitative estimate of drug-likeness (QED) is 0.402. The van der Waals surface area contributed by atoms with Crippen molar-refractivity contribution in [3.63, 3.8) is 0 Å². The molecule has 5 heterocycles. The fourth-order valence-corrected chi connectivity index (χ4v) is 5.89. The van der Waals surface area contributed by atoms with Crippen LogP contribution in [0.5, 0.6) is 0 Å². The molecule has 40 heavy (non-hydrogen) atoms. The molecule has 2 aromatic heterocycles. The predicted octanol–water partition coefficient (Wildman–Crippen LogP) is 5.49. The van der Waals surface area contributed by atoms with Crippen molar-refractivity contribution in [3.8, 4) is 0 Å². The molecule has 0 bridgehead atoms. The summed E-state index contributed by atoms with van der Waals surface area (Å²) in [4.78, 5) is 23.3. The number of pyridine rings is 1. The molecule has 0 radical (unpaired) electrons. The van der Waals surface area contributed by atoms with Crippen molar-refractivity contribution in [2.24, 2.45) is 5.92 Å². The van der Waals surface area contributed by atoms with Gasteiger partial charge in [0, 0.05) is 19.7 Å². The van der Waals surface area contributed by atoms with Crippen molar-refractivity contribution in [1.29, 1.82) is 0 Å². The first-order chi connectivity index (χ1) is 19.2. The van der Waals surface area contributed by atoms with Gasteiger partial charge in [-0.15, -0.1) is 0 Å². The number of aromatic nitrogens is 3. The van der Waals surface area contributed by atoms with Gasteiger partial charge in [-0.05, 0) is 81.1 Å². The van der Waals surface area contributed by atoms with Crippen LogP contribution in [0.25, 0.3) is 11.0 Å². The van der Waals surface area contributed by atoms with Crippen LogP contribution in [-0.4, -0.2) is 56.3 Å². The predicted molar refractivity (Wildman–Crippen MR) is 150 cm³/mol. The van der Waals surface area contributed by atoms with Crippen LogP contribution in [0.1, 0.15) is 55.0 Å². The third-order valence-corrected chi connectivity index (χ3v) is 8.46. The maximum Gasteiger partial charge on any atom is 0.335 e. The number of imidazole rings is 1. The third kappa shape index (κ3) is 5.09. The molecule has 2 atom stereocenters. The van der Waals surface area contributed by atoms with Crippen molar-refractivity contribution in [2.45, 2.75) is 58.1 Å². The molecule has 9 nitrogen and oxygen atoms in total. The van der Waals surface area contributed by atoms with Gasteiger partial charge in [0.25, 0.3) is 5.79 Å². The minimum atomic E-state index is -1.04. The Bertz CT molecular complexity index is 1490. The topological polar surface area (TPSA) is 98.9 Å². The summed E-state index contributed by atoms with van der Waals surface area (Å²) in [5, 5.41) is 10.1. The maximum atomic E-state index is 11.6. The van der Waals surface area contributed by atoms with Gasteiger partial charge >= 0.3 is 5.97 Å². The zero-order chi connectivity index (χ0) is 28.0. The van der Waals surface area contributed by atoms with E-state index in [1.807, 2.05) is 6.92 Å². The molecule has 0 spiro atoms. The number of aromatic carboxylic acids is 1. The van der Waals surface area contributed by atoms with Gasteiger partial charge in [-0.1, -0.05) is 18.2 Å². The van der Waals surface area contributed by atoms with E-state index in [9.17, 15) is 9.90 Å². The van der Waals surface area contributed by atoms with E-state index in [-0.39, 0.29) is 11.7 Å². The average molecular weight is 565 g/mol. The molecule has 0 aliphatic carbocycles. The number of halogens is 1. The van der Waals surface area contributed by atoms with E-state index in [1.54, 1.807) is 36.5 Å². The fourth-order valence-electron chi connectivity index (χ4n) is 5.78. The second kappa shape index (κ2) is 10.5. The van der Waals surface area contributed by atoms with Gasteiger partial charge in [0.15, 0.2) is 11.5 Å². The number of ether oxygens (including phenoxy) is 3. The second-order valence-corrected chi connectivity index (χ2v) is 11.4. The number of carboxylic acids is 1. The first-order valence-corrected chi connectivity index (χ1v) is 14.0. The average Bonchev–Trinajstić information content (AvgIpc) is 3.42. The second-order valence-electron chi connectivity index (χ2n) is 10.9. The molecule has 3 fully saturated rings. The van der Waals surface area contributed by atoms with Crippen LogP contribution in [0.4, 0.5) is 0 Å². The molecule has 3 aromatic rings. The summed E-state index contributed by atoms with van der Waals surface area (Å²) in [5.74, 6) is 0.525. The van der Waals surface area contributed by atoms with E-state index in [2.05, 4.69) is 28.0 Å². The Hall–Kier alpha value is -3.40. The number of benzene rings is 1. The minimum absolute atomic E-state index is 0.139. The van der Waals surface area contributed by atoms with E-state index < -0.39 is 11.8 Å². The molecular formula is C30H33ClN4O5. The molecule has 1 aromatic carbocycles. The Morgan fingerprint density at radius 1 is 1.20 bits per heavy atom. The normalized spacial score (nSPS) is 25.0. The highest BCUT2D eigenvalue weighted by Crippen LogP contribution is 2.43. The first kappa shape index (κ1) is 26.8. The molecule has 3 saturated heterocycles. The van der Waals surface area contributed by atoms with E-state index in [4.69, 9.17) is 30.8 Å². The number of hydrogen-bond donors (Lipinski definition) is 1. The summed E-state index contributed by atoms with van der Waals surface area (Å²) in [6.07, 6.45) is 4.66. The Labute approximate surface area is 238 Å². The van der Waals surface area contributed by atoms with Crippen LogP contribution in [0, 0.1) is 5.92 Å². The number of hydrogen-bond acceptors (Lipinski definition) is 7. The van der Waals surface area contributed by atoms with Crippen molar-refractivity contribution in [2.75, 3.05) is 19.7 Å². The SMILES string of the molecule is C=C1O[C@](C)(c2ccc(Cl)cn2)O/C1=C(/C)C1CCN(Cc2nc3ccc(C(=O)O)cc3n2C[C@@H]2CCO2)CC1. The summed E-state index contributed by atoms with van der Waals surface area (Å²) in [7, 11) is 0. The van der Waals surface area contributed by atoms with Crippen molar-refractivity contribution in [1.82, 2.24) is 19.4 Å². The van der Waals surface area contributed by atoms with Crippen LogP contribution in [0.15, 0.2) is 60.2 Å². The van der Waals surface area contributed by atoms with E-state index in [0.29, 0.717) is 41.2 Å². The summed E-state index contributed by atoms with van der Waals surface area (Å²) in [6.45, 7) is 12.0. The third-order valence-electron chi connectivity index (χ3n) is 8.24. The minimum Gasteiger partial charge on any atom is -0.478 e. The van der Waals surface area contributed by atoms with Gasteiger partial charge in [-0.3, -0.25) is 9.88 Å². The molecule has 0 unspecified atom stereocenters. The number of allylic oxidation sites excluding steroid dienone is 1. The van der Waals surface area contributed by atoms with E-state index >= 15 is 0 Å². The highest BCUT2D eigenvalue weighted by atomic mass is 35.5. The molecule has 0 amide bonds. The standard InChI is InChI=1S/C30H33ClN4O5/c1-18(28-19(2)39-30(3,40-28)26-7-5-22(31)15-32-26)20-8-11-34(12-9-20)17-27-33-24-6-4-21(29(36)37)14-25(24)35(27)16-23-10-13-38-23/h4-7,14-15,20,23H,2,8-13,16-17H2,1,3H3,(H,36,37)/b28-18-/t23-,30-/m0/s1. The Morgan fingerprint density at radius 3 is 2.62 bits per heavy atom. The lowest BCUT2D eigenvalue weighted by Crippen LogP contribution is -2.36. The molecule has 1 N–H and O–H groups in total. The van der Waals surface area contributed by atoms with Gasteiger partial charge < -0.3 is 23.9 Å². The summed E-state index contributed by atoms with van der Waals surface area (Å²) >= 11 is 6.01. The maximum absolute atomic E-state index is 11.6. The molecule has 0 saturated carbocycles. The lowest BCUT2D eigenvalue weighted by molar-refractivity contribution is -0.132. The molecule has 3 aliphatic heterocycles. The van der Waals surface area contributed by atoms with Crippen molar-refractivity contribution in [3.05, 3.63) is 82.3 Å². The summed E-state index contributed by atoms with van der Waals surface area (Å²) < 4.78 is 20.2. The number of rotatable bonds is 7. The van der Waals surface area contributed by atoms with Crippen LogP contribution in [0.2, 0.25) is 5.02 Å². The smallest absolute Gasteiger partial charge is 0.335 e. The lowest BCUT2D eigenvalue weighted by Gasteiger charge is -2.33. The summed E-state index contributed by atoms with van der Waals surface area (Å²) in [6, 6.07) is 8.71. The van der Waals surface area contributed by atoms with Gasteiger partial charge in [0.05, 0.1) is 40.8 Å². The molecule has 6 rings (SSSR count). The van der Waals surface area contributed by atoms with E-state index in [1.165, 1.54) is 0 Å². The number of carbonyl (C=O) groups is 1. The van der Waals surface area contributed by atoms with Crippen LogP contribution in [-0.2, 0) is 33.1 Å². The van der Waals surface area contributed by atoms with Crippen molar-refractivity contribution < 1.29 is 24.1 Å². The van der Waals surface area contributed by atoms with Crippen LogP contribution in [0.3, 0.4) is 0 Å². The van der Waals surface area contributed by atoms with Gasteiger partial charge in [-0.2, -0.15) is 0 Å². The molecule has 10 heteroatoms. The first-order valence-electron chi connectivity index (χ1n) is 13.7. The number of fused-ring (bicyclic) bond motifs is 1. The van der Waals surface area contributed by atoms with Gasteiger partial charge in [-0.25, -0.2) is 9.78 Å². The monoisotopic (exact) mass is 564 g/mol. The lowest BCUT2D eigenvalue weighted by atomic mass is 9.89. The molecule has 210 valence electrons. The number of carboxylic acid groups (broad SMARTS) is 1. The summed E-state index contributed by atoms with van der Waals surface area (Å²) in [5.41, 5.74) is 3.70. The highest BCUT2D eigenvalue weighted by molar-refractivity contribution is 6.30.